The van der Waals surface area contributed by atoms with Gasteiger partial charge in [0.25, 0.3) is 0 Å². The molecule has 0 aliphatic heterocycles. The standard InChI is InChI=1S/C15H23N/c1-2-4-12(3-1)7-8-16-11-15-10-13-5-6-14(15)9-13/h3,5-6,13-16H,1-2,4,7-11H2. The van der Waals surface area contributed by atoms with Crippen LogP contribution in [0.2, 0.25) is 0 Å². The molecule has 0 amide bonds. The van der Waals surface area contributed by atoms with Gasteiger partial charge in [0.05, 0.1) is 0 Å². The molecule has 3 atom stereocenters. The molecule has 3 unspecified atom stereocenters. The minimum Gasteiger partial charge on any atom is -0.316 e. The maximum Gasteiger partial charge on any atom is -0.00115 e. The fourth-order valence-electron chi connectivity index (χ4n) is 3.63. The molecule has 3 rings (SSSR count). The van der Waals surface area contributed by atoms with Crippen LogP contribution in [0.4, 0.5) is 0 Å². The van der Waals surface area contributed by atoms with E-state index in [9.17, 15) is 0 Å². The molecule has 0 radical (unpaired) electrons. The first-order chi connectivity index (χ1) is 7.92. The summed E-state index contributed by atoms with van der Waals surface area (Å²) in [5, 5.41) is 3.66. The van der Waals surface area contributed by atoms with Gasteiger partial charge in [-0.3, -0.25) is 0 Å². The molecule has 1 fully saturated rings. The van der Waals surface area contributed by atoms with Crippen molar-refractivity contribution in [3.05, 3.63) is 23.8 Å². The summed E-state index contributed by atoms with van der Waals surface area (Å²) < 4.78 is 0. The average molecular weight is 217 g/mol. The molecule has 1 heteroatoms. The quantitative estimate of drug-likeness (QED) is 0.550. The molecule has 0 heterocycles. The number of rotatable bonds is 5. The predicted octanol–water partition coefficient (Wildman–Crippen LogP) is 3.29. The second-order valence-corrected chi connectivity index (χ2v) is 5.75. The zero-order chi connectivity index (χ0) is 10.8. The summed E-state index contributed by atoms with van der Waals surface area (Å²) in [4.78, 5) is 0. The Morgan fingerprint density at radius 3 is 2.94 bits per heavy atom. The zero-order valence-corrected chi connectivity index (χ0v) is 10.1. The Morgan fingerprint density at radius 2 is 2.25 bits per heavy atom. The van der Waals surface area contributed by atoms with Gasteiger partial charge in [0.15, 0.2) is 0 Å². The number of allylic oxidation sites excluding steroid dienone is 3. The van der Waals surface area contributed by atoms with Gasteiger partial charge in [0.2, 0.25) is 0 Å². The highest BCUT2D eigenvalue weighted by molar-refractivity contribution is 5.10. The van der Waals surface area contributed by atoms with Gasteiger partial charge in [-0.2, -0.15) is 0 Å². The van der Waals surface area contributed by atoms with Gasteiger partial charge in [-0.15, -0.1) is 0 Å². The van der Waals surface area contributed by atoms with Crippen LogP contribution in [0.25, 0.3) is 0 Å². The third kappa shape index (κ3) is 2.24. The lowest BCUT2D eigenvalue weighted by molar-refractivity contribution is 0.416. The van der Waals surface area contributed by atoms with Gasteiger partial charge in [0, 0.05) is 0 Å². The molecule has 1 saturated carbocycles. The minimum atomic E-state index is 0.906. The van der Waals surface area contributed by atoms with Crippen molar-refractivity contribution in [2.24, 2.45) is 17.8 Å². The fraction of sp³-hybridized carbons (Fsp3) is 0.733. The molecule has 0 spiro atoms. The summed E-state index contributed by atoms with van der Waals surface area (Å²) in [7, 11) is 0. The Labute approximate surface area is 99.0 Å². The maximum atomic E-state index is 3.66. The monoisotopic (exact) mass is 217 g/mol. The second kappa shape index (κ2) is 4.75. The predicted molar refractivity (Wildman–Crippen MR) is 68.3 cm³/mol. The molecule has 1 N–H and O–H groups in total. The van der Waals surface area contributed by atoms with E-state index in [1.54, 1.807) is 5.57 Å². The van der Waals surface area contributed by atoms with Crippen LogP contribution in [0.3, 0.4) is 0 Å². The number of hydrogen-bond donors (Lipinski definition) is 1. The summed E-state index contributed by atoms with van der Waals surface area (Å²) in [6, 6.07) is 0. The van der Waals surface area contributed by atoms with Crippen molar-refractivity contribution in [3.8, 4) is 0 Å². The lowest BCUT2D eigenvalue weighted by atomic mass is 9.93. The third-order valence-corrected chi connectivity index (χ3v) is 4.58. The van der Waals surface area contributed by atoms with Crippen molar-refractivity contribution in [2.45, 2.75) is 38.5 Å². The van der Waals surface area contributed by atoms with Gasteiger partial charge in [-0.1, -0.05) is 23.8 Å². The molecule has 0 aromatic rings. The van der Waals surface area contributed by atoms with E-state index in [1.807, 2.05) is 0 Å². The molecule has 2 bridgehead atoms. The molecular formula is C15H23N. The normalized spacial score (nSPS) is 36.0. The Bertz CT molecular complexity index is 303. The van der Waals surface area contributed by atoms with Crippen molar-refractivity contribution in [1.82, 2.24) is 5.32 Å². The summed E-state index contributed by atoms with van der Waals surface area (Å²) in [6.07, 6.45) is 15.6. The smallest absolute Gasteiger partial charge is 0.00115 e. The molecule has 0 aromatic carbocycles. The van der Waals surface area contributed by atoms with Crippen LogP contribution in [0.1, 0.15) is 38.5 Å². The van der Waals surface area contributed by atoms with Crippen molar-refractivity contribution >= 4 is 0 Å². The van der Waals surface area contributed by atoms with E-state index in [0.29, 0.717) is 0 Å². The van der Waals surface area contributed by atoms with Gasteiger partial charge in [-0.25, -0.2) is 0 Å². The summed E-state index contributed by atoms with van der Waals surface area (Å²) in [5.74, 6) is 2.77. The average Bonchev–Trinajstić information content (AvgIpc) is 3.01. The van der Waals surface area contributed by atoms with Gasteiger partial charge >= 0.3 is 0 Å². The number of hydrogen-bond acceptors (Lipinski definition) is 1. The molecule has 1 nitrogen and oxygen atoms in total. The highest BCUT2D eigenvalue weighted by Gasteiger charge is 2.34. The zero-order valence-electron chi connectivity index (χ0n) is 10.1. The van der Waals surface area contributed by atoms with E-state index >= 15 is 0 Å². The Morgan fingerprint density at radius 1 is 1.25 bits per heavy atom. The number of nitrogens with one attached hydrogen (secondary N) is 1. The first kappa shape index (κ1) is 10.6. The van der Waals surface area contributed by atoms with Crippen LogP contribution in [0, 0.1) is 17.8 Å². The van der Waals surface area contributed by atoms with E-state index in [0.717, 1.165) is 17.8 Å². The largest absolute Gasteiger partial charge is 0.316 e. The van der Waals surface area contributed by atoms with Crippen LogP contribution in [-0.4, -0.2) is 13.1 Å². The number of fused-ring (bicyclic) bond motifs is 2. The van der Waals surface area contributed by atoms with Crippen LogP contribution in [-0.2, 0) is 0 Å². The Kier molecular flexibility index (Phi) is 3.14. The van der Waals surface area contributed by atoms with Crippen LogP contribution in [0.15, 0.2) is 23.8 Å². The van der Waals surface area contributed by atoms with Crippen molar-refractivity contribution in [2.75, 3.05) is 13.1 Å². The van der Waals surface area contributed by atoms with Gasteiger partial charge < -0.3 is 5.32 Å². The highest BCUT2D eigenvalue weighted by atomic mass is 14.9. The fourth-order valence-corrected chi connectivity index (χ4v) is 3.63. The van der Waals surface area contributed by atoms with Gasteiger partial charge in [0.1, 0.15) is 0 Å². The molecule has 0 saturated heterocycles. The summed E-state index contributed by atoms with van der Waals surface area (Å²) in [5.41, 5.74) is 1.69. The molecule has 0 aromatic heterocycles. The third-order valence-electron chi connectivity index (χ3n) is 4.58. The van der Waals surface area contributed by atoms with Crippen LogP contribution >= 0.6 is 0 Å². The molecular weight excluding hydrogens is 194 g/mol. The minimum absolute atomic E-state index is 0.906. The van der Waals surface area contributed by atoms with Gasteiger partial charge in [-0.05, 0) is 69.4 Å². The first-order valence-electron chi connectivity index (χ1n) is 6.99. The molecule has 16 heavy (non-hydrogen) atoms. The highest BCUT2D eigenvalue weighted by Crippen LogP contribution is 2.42. The van der Waals surface area contributed by atoms with E-state index in [2.05, 4.69) is 23.5 Å². The lowest BCUT2D eigenvalue weighted by Gasteiger charge is -2.18. The van der Waals surface area contributed by atoms with E-state index in [-0.39, 0.29) is 0 Å². The first-order valence-corrected chi connectivity index (χ1v) is 6.99. The van der Waals surface area contributed by atoms with E-state index in [4.69, 9.17) is 0 Å². The van der Waals surface area contributed by atoms with Crippen LogP contribution in [0.5, 0.6) is 0 Å². The second-order valence-electron chi connectivity index (χ2n) is 5.75. The van der Waals surface area contributed by atoms with E-state index < -0.39 is 0 Å². The lowest BCUT2D eigenvalue weighted by Crippen LogP contribution is -2.26. The SMILES string of the molecule is C1=CC2CC1CC2CNCCC1=CCCC1. The topological polar surface area (TPSA) is 12.0 Å². The summed E-state index contributed by atoms with van der Waals surface area (Å²) in [6.45, 7) is 2.45. The maximum absolute atomic E-state index is 3.66. The van der Waals surface area contributed by atoms with E-state index in [1.165, 1.54) is 51.6 Å². The van der Waals surface area contributed by atoms with Crippen molar-refractivity contribution < 1.29 is 0 Å². The van der Waals surface area contributed by atoms with Crippen molar-refractivity contribution in [3.63, 3.8) is 0 Å². The summed E-state index contributed by atoms with van der Waals surface area (Å²) >= 11 is 0. The van der Waals surface area contributed by atoms with Crippen LogP contribution < -0.4 is 5.32 Å². The molecule has 3 aliphatic carbocycles. The Hall–Kier alpha value is -0.560. The molecule has 88 valence electrons. The van der Waals surface area contributed by atoms with Crippen molar-refractivity contribution in [1.29, 1.82) is 0 Å². The Balaban J connectivity index is 1.33. The molecule has 3 aliphatic rings.